The summed E-state index contributed by atoms with van der Waals surface area (Å²) in [7, 11) is 1.66. The maximum Gasteiger partial charge on any atom is 0.255 e. The molecule has 0 spiro atoms. The fourth-order valence-corrected chi connectivity index (χ4v) is 2.27. The molecule has 1 aromatic carbocycles. The summed E-state index contributed by atoms with van der Waals surface area (Å²) in [5, 5.41) is 22.9. The molecule has 1 amide bonds. The largest absolute Gasteiger partial charge is 0.396 e. The lowest BCUT2D eigenvalue weighted by Crippen LogP contribution is -2.41. The van der Waals surface area contributed by atoms with E-state index in [4.69, 9.17) is 0 Å². The standard InChI is InChI=1S/C16H21N3O3/c1-16(11-20,12-21)10-18(2)15(22)13-6-3-4-7-14(13)19-9-5-8-17-19/h3-9,20-21H,10-12H2,1-2H3. The fraction of sp³-hybridized carbons (Fsp3) is 0.375. The van der Waals surface area contributed by atoms with Crippen molar-refractivity contribution in [3.63, 3.8) is 0 Å². The summed E-state index contributed by atoms with van der Waals surface area (Å²) >= 11 is 0. The number of rotatable bonds is 6. The van der Waals surface area contributed by atoms with Gasteiger partial charge in [0, 0.05) is 31.4 Å². The molecule has 6 nitrogen and oxygen atoms in total. The van der Waals surface area contributed by atoms with E-state index in [9.17, 15) is 15.0 Å². The van der Waals surface area contributed by atoms with E-state index in [-0.39, 0.29) is 25.7 Å². The molecular formula is C16H21N3O3. The number of hydrogen-bond acceptors (Lipinski definition) is 4. The van der Waals surface area contributed by atoms with Crippen molar-refractivity contribution in [3.05, 3.63) is 48.3 Å². The van der Waals surface area contributed by atoms with Crippen LogP contribution in [-0.4, -0.2) is 57.6 Å². The topological polar surface area (TPSA) is 78.6 Å². The van der Waals surface area contributed by atoms with Crippen LogP contribution in [0, 0.1) is 5.41 Å². The average Bonchev–Trinajstić information content (AvgIpc) is 3.08. The lowest BCUT2D eigenvalue weighted by molar-refractivity contribution is 0.0366. The van der Waals surface area contributed by atoms with Gasteiger partial charge in [-0.05, 0) is 18.2 Å². The molecule has 0 saturated carbocycles. The van der Waals surface area contributed by atoms with Crippen molar-refractivity contribution in [2.45, 2.75) is 6.92 Å². The van der Waals surface area contributed by atoms with Crippen molar-refractivity contribution in [1.29, 1.82) is 0 Å². The Morgan fingerprint density at radius 2 is 1.95 bits per heavy atom. The van der Waals surface area contributed by atoms with Gasteiger partial charge in [0.2, 0.25) is 0 Å². The molecule has 2 rings (SSSR count). The van der Waals surface area contributed by atoms with Gasteiger partial charge in [0.1, 0.15) is 0 Å². The van der Waals surface area contributed by atoms with Crippen LogP contribution in [0.3, 0.4) is 0 Å². The molecule has 0 saturated heterocycles. The predicted molar refractivity (Wildman–Crippen MR) is 82.8 cm³/mol. The summed E-state index contributed by atoms with van der Waals surface area (Å²) in [4.78, 5) is 14.2. The second-order valence-electron chi connectivity index (χ2n) is 5.76. The van der Waals surface area contributed by atoms with Crippen LogP contribution in [-0.2, 0) is 0 Å². The number of hydrogen-bond donors (Lipinski definition) is 2. The molecule has 1 heterocycles. The van der Waals surface area contributed by atoms with Crippen LogP contribution in [0.4, 0.5) is 0 Å². The third-order valence-corrected chi connectivity index (χ3v) is 3.61. The zero-order valence-corrected chi connectivity index (χ0v) is 12.8. The van der Waals surface area contributed by atoms with Crippen molar-refractivity contribution in [1.82, 2.24) is 14.7 Å². The van der Waals surface area contributed by atoms with Gasteiger partial charge in [-0.1, -0.05) is 19.1 Å². The first-order valence-corrected chi connectivity index (χ1v) is 7.07. The van der Waals surface area contributed by atoms with Gasteiger partial charge >= 0.3 is 0 Å². The van der Waals surface area contributed by atoms with Crippen molar-refractivity contribution >= 4 is 5.91 Å². The Morgan fingerprint density at radius 3 is 2.55 bits per heavy atom. The highest BCUT2D eigenvalue weighted by molar-refractivity contribution is 5.97. The highest BCUT2D eigenvalue weighted by Crippen LogP contribution is 2.20. The van der Waals surface area contributed by atoms with Gasteiger partial charge in [-0.3, -0.25) is 4.79 Å². The van der Waals surface area contributed by atoms with Crippen LogP contribution in [0.1, 0.15) is 17.3 Å². The van der Waals surface area contributed by atoms with Crippen LogP contribution in [0.15, 0.2) is 42.7 Å². The lowest BCUT2D eigenvalue weighted by atomic mass is 9.92. The summed E-state index contributed by atoms with van der Waals surface area (Å²) in [5.41, 5.74) is 0.483. The normalized spacial score (nSPS) is 11.5. The molecule has 0 aliphatic rings. The van der Waals surface area contributed by atoms with Crippen LogP contribution in [0.2, 0.25) is 0 Å². The molecule has 0 bridgehead atoms. The van der Waals surface area contributed by atoms with Crippen LogP contribution < -0.4 is 0 Å². The van der Waals surface area contributed by atoms with E-state index in [2.05, 4.69) is 5.10 Å². The SMILES string of the molecule is CN(CC(C)(CO)CO)C(=O)c1ccccc1-n1cccn1. The van der Waals surface area contributed by atoms with Gasteiger partial charge in [0.15, 0.2) is 0 Å². The zero-order valence-electron chi connectivity index (χ0n) is 12.8. The number of carbonyl (C=O) groups is 1. The third-order valence-electron chi connectivity index (χ3n) is 3.61. The fourth-order valence-electron chi connectivity index (χ4n) is 2.27. The van der Waals surface area contributed by atoms with Gasteiger partial charge in [-0.15, -0.1) is 0 Å². The van der Waals surface area contributed by atoms with E-state index in [0.717, 1.165) is 0 Å². The number of aliphatic hydroxyl groups is 2. The number of benzene rings is 1. The van der Waals surface area contributed by atoms with Crippen molar-refractivity contribution in [3.8, 4) is 5.69 Å². The minimum absolute atomic E-state index is 0.181. The summed E-state index contributed by atoms with van der Waals surface area (Å²) in [6.45, 7) is 1.60. The Bertz CT molecular complexity index is 621. The van der Waals surface area contributed by atoms with Crippen LogP contribution in [0.25, 0.3) is 5.69 Å². The average molecular weight is 303 g/mol. The Morgan fingerprint density at radius 1 is 1.27 bits per heavy atom. The number of nitrogens with zero attached hydrogens (tertiary/aromatic N) is 3. The predicted octanol–water partition coefficient (Wildman–Crippen LogP) is 0.935. The monoisotopic (exact) mass is 303 g/mol. The summed E-state index contributed by atoms with van der Waals surface area (Å²) in [6.07, 6.45) is 3.43. The molecule has 0 radical (unpaired) electrons. The third kappa shape index (κ3) is 3.35. The minimum atomic E-state index is -0.731. The first-order chi connectivity index (χ1) is 10.5. The van der Waals surface area contributed by atoms with Gasteiger partial charge in [-0.2, -0.15) is 5.10 Å². The van der Waals surface area contributed by atoms with Gasteiger partial charge in [0.25, 0.3) is 5.91 Å². The zero-order chi connectivity index (χ0) is 16.2. The van der Waals surface area contributed by atoms with E-state index in [0.29, 0.717) is 11.3 Å². The van der Waals surface area contributed by atoms with Gasteiger partial charge in [-0.25, -0.2) is 4.68 Å². The second-order valence-corrected chi connectivity index (χ2v) is 5.76. The second kappa shape index (κ2) is 6.72. The molecule has 2 N–H and O–H groups in total. The summed E-state index contributed by atoms with van der Waals surface area (Å²) in [6, 6.07) is 9.00. The summed E-state index contributed by atoms with van der Waals surface area (Å²) < 4.78 is 1.64. The number of para-hydroxylation sites is 1. The molecule has 118 valence electrons. The molecule has 1 aromatic heterocycles. The highest BCUT2D eigenvalue weighted by atomic mass is 16.3. The van der Waals surface area contributed by atoms with E-state index in [1.54, 1.807) is 49.2 Å². The maximum atomic E-state index is 12.7. The van der Waals surface area contributed by atoms with Crippen molar-refractivity contribution < 1.29 is 15.0 Å². The van der Waals surface area contributed by atoms with Crippen molar-refractivity contribution in [2.75, 3.05) is 26.8 Å². The number of aliphatic hydroxyl groups excluding tert-OH is 2. The highest BCUT2D eigenvalue weighted by Gasteiger charge is 2.27. The van der Waals surface area contributed by atoms with E-state index >= 15 is 0 Å². The first kappa shape index (κ1) is 16.2. The van der Waals surface area contributed by atoms with E-state index in [1.807, 2.05) is 12.1 Å². The Kier molecular flexibility index (Phi) is 4.95. The van der Waals surface area contributed by atoms with Gasteiger partial charge in [0.05, 0.1) is 24.5 Å². The van der Waals surface area contributed by atoms with Crippen LogP contribution in [0.5, 0.6) is 0 Å². The molecule has 0 aliphatic carbocycles. The Labute approximate surface area is 129 Å². The molecular weight excluding hydrogens is 282 g/mol. The Balaban J connectivity index is 2.27. The minimum Gasteiger partial charge on any atom is -0.396 e. The smallest absolute Gasteiger partial charge is 0.255 e. The lowest BCUT2D eigenvalue weighted by Gasteiger charge is -2.30. The molecule has 0 unspecified atom stereocenters. The van der Waals surface area contributed by atoms with Gasteiger partial charge < -0.3 is 15.1 Å². The number of aromatic nitrogens is 2. The molecule has 22 heavy (non-hydrogen) atoms. The van der Waals surface area contributed by atoms with Crippen molar-refractivity contribution in [2.24, 2.45) is 5.41 Å². The molecule has 0 aliphatic heterocycles. The maximum absolute atomic E-state index is 12.7. The molecule has 6 heteroatoms. The molecule has 2 aromatic rings. The molecule has 0 fully saturated rings. The molecule has 0 atom stereocenters. The van der Waals surface area contributed by atoms with E-state index in [1.165, 1.54) is 4.90 Å². The summed E-state index contributed by atoms with van der Waals surface area (Å²) in [5.74, 6) is -0.181. The number of amides is 1. The first-order valence-electron chi connectivity index (χ1n) is 7.07. The van der Waals surface area contributed by atoms with Crippen LogP contribution >= 0.6 is 0 Å². The Hall–Kier alpha value is -2.18. The van der Waals surface area contributed by atoms with E-state index < -0.39 is 5.41 Å². The number of carbonyl (C=O) groups excluding carboxylic acids is 1. The quantitative estimate of drug-likeness (QED) is 0.832.